The van der Waals surface area contributed by atoms with E-state index in [1.165, 1.54) is 24.1 Å². The number of anilines is 1. The molecular formula is C18H27N3. The Morgan fingerprint density at radius 1 is 1.29 bits per heavy atom. The molecule has 1 aliphatic rings. The van der Waals surface area contributed by atoms with Gasteiger partial charge in [0.15, 0.2) is 0 Å². The first-order chi connectivity index (χ1) is 10.3. The molecule has 1 aliphatic carbocycles. The molecule has 1 aromatic heterocycles. The van der Waals surface area contributed by atoms with E-state index in [4.69, 9.17) is 4.98 Å². The minimum absolute atomic E-state index is 0.730. The van der Waals surface area contributed by atoms with Gasteiger partial charge in [0.05, 0.1) is 0 Å². The third kappa shape index (κ3) is 5.01. The Bertz CT molecular complexity index is 467. The molecule has 0 atom stereocenters. The van der Waals surface area contributed by atoms with Crippen LogP contribution in [0.1, 0.15) is 37.4 Å². The van der Waals surface area contributed by atoms with Crippen LogP contribution >= 0.6 is 0 Å². The van der Waals surface area contributed by atoms with E-state index in [0.29, 0.717) is 0 Å². The van der Waals surface area contributed by atoms with Crippen LogP contribution in [0.3, 0.4) is 0 Å². The van der Waals surface area contributed by atoms with Crippen molar-refractivity contribution in [3.05, 3.63) is 48.7 Å². The van der Waals surface area contributed by atoms with Gasteiger partial charge in [0.2, 0.25) is 0 Å². The van der Waals surface area contributed by atoms with E-state index < -0.39 is 0 Å². The lowest BCUT2D eigenvalue weighted by Crippen LogP contribution is -2.25. The van der Waals surface area contributed by atoms with Crippen molar-refractivity contribution in [2.24, 2.45) is 0 Å². The summed E-state index contributed by atoms with van der Waals surface area (Å²) < 4.78 is 0. The molecule has 0 radical (unpaired) electrons. The summed E-state index contributed by atoms with van der Waals surface area (Å²) >= 11 is 0. The van der Waals surface area contributed by atoms with Crippen LogP contribution < -0.4 is 10.2 Å². The highest BCUT2D eigenvalue weighted by atomic mass is 15.2. The fourth-order valence-electron chi connectivity index (χ4n) is 2.40. The Morgan fingerprint density at radius 2 is 2.00 bits per heavy atom. The third-order valence-electron chi connectivity index (χ3n) is 3.63. The number of nitrogens with zero attached hydrogens (tertiary/aromatic N) is 2. The average molecular weight is 285 g/mol. The maximum atomic E-state index is 4.81. The molecule has 0 unspecified atom stereocenters. The van der Waals surface area contributed by atoms with E-state index in [0.717, 1.165) is 44.3 Å². The van der Waals surface area contributed by atoms with Gasteiger partial charge >= 0.3 is 0 Å². The number of nitrogens with one attached hydrogen (secondary N) is 1. The van der Waals surface area contributed by atoms with Crippen molar-refractivity contribution < 1.29 is 0 Å². The minimum Gasteiger partial charge on any atom is -0.349 e. The SMILES string of the molecule is C=CCN(CC=C)c1cc(CNC2CC2)cc(CCC)n1. The first kappa shape index (κ1) is 15.8. The Morgan fingerprint density at radius 3 is 2.57 bits per heavy atom. The van der Waals surface area contributed by atoms with Crippen molar-refractivity contribution in [1.29, 1.82) is 0 Å². The van der Waals surface area contributed by atoms with Crippen LogP contribution in [0.5, 0.6) is 0 Å². The second-order valence-electron chi connectivity index (χ2n) is 5.71. The highest BCUT2D eigenvalue weighted by Gasteiger charge is 2.20. The lowest BCUT2D eigenvalue weighted by molar-refractivity contribution is 0.684. The molecule has 0 spiro atoms. The van der Waals surface area contributed by atoms with Gasteiger partial charge in [0.25, 0.3) is 0 Å². The number of hydrogen-bond acceptors (Lipinski definition) is 3. The van der Waals surface area contributed by atoms with Crippen LogP contribution in [0.15, 0.2) is 37.4 Å². The predicted octanol–water partition coefficient (Wildman–Crippen LogP) is 3.46. The molecule has 1 saturated carbocycles. The second kappa shape index (κ2) is 7.99. The molecule has 0 saturated heterocycles. The van der Waals surface area contributed by atoms with Gasteiger partial charge < -0.3 is 10.2 Å². The maximum absolute atomic E-state index is 4.81. The summed E-state index contributed by atoms with van der Waals surface area (Å²) in [4.78, 5) is 7.01. The van der Waals surface area contributed by atoms with Crippen LogP contribution in [0, 0.1) is 0 Å². The molecule has 1 N–H and O–H groups in total. The highest BCUT2D eigenvalue weighted by Crippen LogP contribution is 2.21. The molecule has 0 bridgehead atoms. The van der Waals surface area contributed by atoms with E-state index in [1.54, 1.807) is 0 Å². The molecule has 3 nitrogen and oxygen atoms in total. The fourth-order valence-corrected chi connectivity index (χ4v) is 2.40. The summed E-state index contributed by atoms with van der Waals surface area (Å²) in [7, 11) is 0. The molecule has 1 fully saturated rings. The third-order valence-corrected chi connectivity index (χ3v) is 3.63. The molecule has 21 heavy (non-hydrogen) atoms. The zero-order valence-corrected chi connectivity index (χ0v) is 13.1. The second-order valence-corrected chi connectivity index (χ2v) is 5.71. The van der Waals surface area contributed by atoms with Crippen molar-refractivity contribution in [2.45, 2.75) is 45.2 Å². The summed E-state index contributed by atoms with van der Waals surface area (Å²) in [5.41, 5.74) is 2.51. The lowest BCUT2D eigenvalue weighted by Gasteiger charge is -2.22. The Balaban J connectivity index is 2.18. The van der Waals surface area contributed by atoms with Crippen molar-refractivity contribution >= 4 is 5.82 Å². The van der Waals surface area contributed by atoms with Crippen molar-refractivity contribution in [3.8, 4) is 0 Å². The Kier molecular flexibility index (Phi) is 6.00. The Labute approximate surface area is 128 Å². The van der Waals surface area contributed by atoms with Crippen molar-refractivity contribution in [1.82, 2.24) is 10.3 Å². The Hall–Kier alpha value is -1.61. The monoisotopic (exact) mass is 285 g/mol. The number of pyridine rings is 1. The smallest absolute Gasteiger partial charge is 0.129 e. The normalized spacial score (nSPS) is 14.0. The van der Waals surface area contributed by atoms with Gasteiger partial charge in [-0.25, -0.2) is 4.98 Å². The quantitative estimate of drug-likeness (QED) is 0.667. The van der Waals surface area contributed by atoms with Crippen molar-refractivity contribution in [2.75, 3.05) is 18.0 Å². The molecule has 1 heterocycles. The summed E-state index contributed by atoms with van der Waals surface area (Å²) in [5, 5.41) is 3.59. The molecule has 0 aromatic carbocycles. The summed E-state index contributed by atoms with van der Waals surface area (Å²) in [6.07, 6.45) is 8.62. The van der Waals surface area contributed by atoms with Crippen LogP contribution in [-0.2, 0) is 13.0 Å². The van der Waals surface area contributed by atoms with Gasteiger partial charge in [0.1, 0.15) is 5.82 Å². The minimum atomic E-state index is 0.730. The summed E-state index contributed by atoms with van der Waals surface area (Å²) in [5.74, 6) is 1.04. The van der Waals surface area contributed by atoms with E-state index in [2.05, 4.69) is 42.4 Å². The van der Waals surface area contributed by atoms with Gasteiger partial charge in [0, 0.05) is 31.4 Å². The molecule has 1 aromatic rings. The molecule has 114 valence electrons. The lowest BCUT2D eigenvalue weighted by atomic mass is 10.1. The predicted molar refractivity (Wildman–Crippen MR) is 90.7 cm³/mol. The topological polar surface area (TPSA) is 28.2 Å². The summed E-state index contributed by atoms with van der Waals surface area (Å²) in [6, 6.07) is 5.16. The maximum Gasteiger partial charge on any atom is 0.129 e. The molecule has 2 rings (SSSR count). The molecule has 0 amide bonds. The van der Waals surface area contributed by atoms with E-state index >= 15 is 0 Å². The van der Waals surface area contributed by atoms with E-state index in [-0.39, 0.29) is 0 Å². The van der Waals surface area contributed by atoms with Gasteiger partial charge in [-0.1, -0.05) is 25.5 Å². The van der Waals surface area contributed by atoms with E-state index in [1.807, 2.05) is 12.2 Å². The van der Waals surface area contributed by atoms with Crippen molar-refractivity contribution in [3.63, 3.8) is 0 Å². The first-order valence-corrected chi connectivity index (χ1v) is 7.96. The zero-order valence-electron chi connectivity index (χ0n) is 13.1. The first-order valence-electron chi connectivity index (χ1n) is 7.96. The summed E-state index contributed by atoms with van der Waals surface area (Å²) in [6.45, 7) is 12.4. The molecule has 3 heteroatoms. The molecule has 0 aliphatic heterocycles. The van der Waals surface area contributed by atoms with Gasteiger partial charge in [-0.05, 0) is 37.0 Å². The van der Waals surface area contributed by atoms with Crippen LogP contribution in [0.2, 0.25) is 0 Å². The van der Waals surface area contributed by atoms with Gasteiger partial charge in [-0.3, -0.25) is 0 Å². The van der Waals surface area contributed by atoms with Crippen LogP contribution in [0.25, 0.3) is 0 Å². The van der Waals surface area contributed by atoms with Crippen LogP contribution in [-0.4, -0.2) is 24.1 Å². The average Bonchev–Trinajstić information content (AvgIpc) is 3.29. The van der Waals surface area contributed by atoms with Crippen LogP contribution in [0.4, 0.5) is 5.82 Å². The highest BCUT2D eigenvalue weighted by molar-refractivity contribution is 5.44. The number of hydrogen-bond donors (Lipinski definition) is 1. The van der Waals surface area contributed by atoms with Gasteiger partial charge in [-0.2, -0.15) is 0 Å². The van der Waals surface area contributed by atoms with E-state index in [9.17, 15) is 0 Å². The number of rotatable bonds is 10. The number of aromatic nitrogens is 1. The fraction of sp³-hybridized carbons (Fsp3) is 0.500. The van der Waals surface area contributed by atoms with Gasteiger partial charge in [-0.15, -0.1) is 13.2 Å². The number of aryl methyl sites for hydroxylation is 1. The largest absolute Gasteiger partial charge is 0.349 e. The standard InChI is InChI=1S/C18H27N3/c1-4-7-17-12-15(14-19-16-8-9-16)13-18(20-17)21(10-5-2)11-6-3/h5-6,12-13,16,19H,2-4,7-11,14H2,1H3. The molecular weight excluding hydrogens is 258 g/mol. The zero-order chi connectivity index (χ0) is 15.1.